The van der Waals surface area contributed by atoms with Crippen LogP contribution in [0.1, 0.15) is 36.1 Å². The molecule has 0 aliphatic rings. The molecule has 0 saturated carbocycles. The van der Waals surface area contributed by atoms with Crippen LogP contribution < -0.4 is 15.5 Å². The van der Waals surface area contributed by atoms with Gasteiger partial charge in [0.25, 0.3) is 0 Å². The van der Waals surface area contributed by atoms with Gasteiger partial charge in [-0.1, -0.05) is 56.3 Å². The van der Waals surface area contributed by atoms with Crippen molar-refractivity contribution in [3.05, 3.63) is 102 Å². The number of hydrogen-bond acceptors (Lipinski definition) is 5. The Morgan fingerprint density at radius 1 is 1.03 bits per heavy atom. The largest absolute Gasteiger partial charge is 0.507 e. The maximum Gasteiger partial charge on any atom is 0.339 e. The Hall–Kier alpha value is -4.10. The van der Waals surface area contributed by atoms with Crippen molar-refractivity contribution in [3.63, 3.8) is 0 Å². The lowest BCUT2D eigenvalue weighted by Crippen LogP contribution is -2.24. The molecule has 3 aromatic rings. The van der Waals surface area contributed by atoms with Gasteiger partial charge in [0.1, 0.15) is 18.1 Å². The summed E-state index contributed by atoms with van der Waals surface area (Å²) in [6, 6.07) is 20.3. The molecule has 3 N–H and O–H groups in total. The smallest absolute Gasteiger partial charge is 0.339 e. The van der Waals surface area contributed by atoms with E-state index in [1.165, 1.54) is 23.4 Å². The number of nitrogens with zero attached hydrogens (tertiary/aromatic N) is 2. The molecule has 0 spiro atoms. The molecule has 3 rings (SSSR count). The molecule has 3 aromatic carbocycles. The van der Waals surface area contributed by atoms with Gasteiger partial charge in [-0.2, -0.15) is 5.10 Å². The summed E-state index contributed by atoms with van der Waals surface area (Å²) in [4.78, 5) is 14.5. The number of hydrogen-bond donors (Lipinski definition) is 3. The molecule has 7 heteroatoms. The summed E-state index contributed by atoms with van der Waals surface area (Å²) in [5, 5.41) is 17.0. The third-order valence-electron chi connectivity index (χ3n) is 5.66. The number of ether oxygens (including phenoxy) is 1. The molecule has 7 nitrogen and oxygen atoms in total. The van der Waals surface area contributed by atoms with Crippen molar-refractivity contribution in [3.8, 4) is 11.5 Å². The van der Waals surface area contributed by atoms with E-state index in [4.69, 9.17) is 4.74 Å². The van der Waals surface area contributed by atoms with Crippen molar-refractivity contribution in [1.82, 2.24) is 10.3 Å². The van der Waals surface area contributed by atoms with E-state index in [1.807, 2.05) is 48.5 Å². The average Bonchev–Trinajstić information content (AvgIpc) is 2.88. The Morgan fingerprint density at radius 3 is 2.47 bits per heavy atom. The van der Waals surface area contributed by atoms with Crippen LogP contribution in [0.15, 0.2) is 84.5 Å². The van der Waals surface area contributed by atoms with Gasteiger partial charge in [0.15, 0.2) is 0 Å². The number of carbonyl (C=O) groups is 1. The van der Waals surface area contributed by atoms with Crippen LogP contribution in [0.4, 0.5) is 10.5 Å². The van der Waals surface area contributed by atoms with Gasteiger partial charge in [-0.05, 0) is 60.5 Å². The van der Waals surface area contributed by atoms with Gasteiger partial charge in [0, 0.05) is 23.9 Å². The van der Waals surface area contributed by atoms with Crippen molar-refractivity contribution in [2.45, 2.75) is 33.4 Å². The second-order valence-corrected chi connectivity index (χ2v) is 8.30. The summed E-state index contributed by atoms with van der Waals surface area (Å²) in [6.07, 6.45) is 4.05. The number of phenols is 1. The second-order valence-electron chi connectivity index (χ2n) is 8.30. The molecule has 0 atom stereocenters. The third-order valence-corrected chi connectivity index (χ3v) is 5.66. The Morgan fingerprint density at radius 2 is 1.78 bits per heavy atom. The van der Waals surface area contributed by atoms with Crippen molar-refractivity contribution in [2.24, 2.45) is 5.10 Å². The zero-order chi connectivity index (χ0) is 25.8. The molecule has 2 amide bonds. The fraction of sp³-hybridized carbons (Fsp3) is 0.241. The lowest BCUT2D eigenvalue weighted by Gasteiger charge is -2.18. The first-order chi connectivity index (χ1) is 17.5. The molecule has 0 aliphatic heterocycles. The second kappa shape index (κ2) is 13.7. The molecular weight excluding hydrogens is 452 g/mol. The summed E-state index contributed by atoms with van der Waals surface area (Å²) in [6.45, 7) is 11.3. The molecule has 0 aliphatic carbocycles. The van der Waals surface area contributed by atoms with Crippen LogP contribution in [0, 0.1) is 0 Å². The van der Waals surface area contributed by atoms with E-state index < -0.39 is 6.03 Å². The molecule has 0 bridgehead atoms. The number of benzene rings is 3. The minimum Gasteiger partial charge on any atom is -0.507 e. The van der Waals surface area contributed by atoms with Crippen molar-refractivity contribution in [2.75, 3.05) is 18.4 Å². The first-order valence-corrected chi connectivity index (χ1v) is 12.1. The number of amides is 2. The van der Waals surface area contributed by atoms with Crippen LogP contribution in [-0.2, 0) is 19.6 Å². The van der Waals surface area contributed by atoms with Crippen LogP contribution in [0.25, 0.3) is 0 Å². The summed E-state index contributed by atoms with van der Waals surface area (Å²) in [7, 11) is 0. The standard InChI is InChI=1S/C29H34N4O3/c1-4-8-22-9-7-10-24(17-22)21-36-27-16-13-25(28(34)18-27)19-30-32-29(35)31-26-14-11-23(12-15-26)20-33(5-2)6-3/h4,7,9-19,34H,1,5-6,8,20-21H2,2-3H3,(H2,31,32,35)/b30-19+. The minimum atomic E-state index is -0.471. The fourth-order valence-electron chi connectivity index (χ4n) is 3.62. The molecule has 188 valence electrons. The van der Waals surface area contributed by atoms with Gasteiger partial charge in [-0.15, -0.1) is 6.58 Å². The molecule has 0 aromatic heterocycles. The maximum atomic E-state index is 12.1. The van der Waals surface area contributed by atoms with Gasteiger partial charge in [0.05, 0.1) is 6.21 Å². The molecule has 36 heavy (non-hydrogen) atoms. The average molecular weight is 487 g/mol. The number of carbonyl (C=O) groups excluding carboxylic acids is 1. The minimum absolute atomic E-state index is 0.00246. The molecular formula is C29H34N4O3. The number of anilines is 1. The van der Waals surface area contributed by atoms with E-state index in [0.717, 1.165) is 31.6 Å². The summed E-state index contributed by atoms with van der Waals surface area (Å²) < 4.78 is 5.80. The lowest BCUT2D eigenvalue weighted by molar-refractivity contribution is 0.252. The number of hydrazone groups is 1. The van der Waals surface area contributed by atoms with Crippen LogP contribution in [0.5, 0.6) is 11.5 Å². The van der Waals surface area contributed by atoms with E-state index in [-0.39, 0.29) is 5.75 Å². The van der Waals surface area contributed by atoms with E-state index in [0.29, 0.717) is 23.6 Å². The van der Waals surface area contributed by atoms with E-state index in [1.54, 1.807) is 12.1 Å². The highest BCUT2D eigenvalue weighted by molar-refractivity contribution is 5.90. The topological polar surface area (TPSA) is 86.2 Å². The SMILES string of the molecule is C=CCc1cccc(COc2ccc(/C=N/NC(=O)Nc3ccc(CN(CC)CC)cc3)c(O)c2)c1. The number of urea groups is 1. The Labute approximate surface area is 213 Å². The van der Waals surface area contributed by atoms with Crippen LogP contribution in [-0.4, -0.2) is 35.3 Å². The predicted octanol–water partition coefficient (Wildman–Crippen LogP) is 5.70. The summed E-state index contributed by atoms with van der Waals surface area (Å²) >= 11 is 0. The van der Waals surface area contributed by atoms with Crippen molar-refractivity contribution >= 4 is 17.9 Å². The first kappa shape index (κ1) is 26.5. The quantitative estimate of drug-likeness (QED) is 0.174. The highest BCUT2D eigenvalue weighted by Gasteiger charge is 2.05. The van der Waals surface area contributed by atoms with Gasteiger partial charge in [-0.3, -0.25) is 4.90 Å². The van der Waals surface area contributed by atoms with Crippen LogP contribution in [0.3, 0.4) is 0 Å². The highest BCUT2D eigenvalue weighted by Crippen LogP contribution is 2.23. The normalized spacial score (nSPS) is 11.0. The molecule has 0 fully saturated rings. The van der Waals surface area contributed by atoms with Gasteiger partial charge in [0.2, 0.25) is 0 Å². The van der Waals surface area contributed by atoms with Crippen molar-refractivity contribution < 1.29 is 14.6 Å². The van der Waals surface area contributed by atoms with Crippen LogP contribution >= 0.6 is 0 Å². The summed E-state index contributed by atoms with van der Waals surface area (Å²) in [5.74, 6) is 0.538. The Bertz CT molecular complexity index is 1170. The number of allylic oxidation sites excluding steroid dienone is 1. The zero-order valence-corrected chi connectivity index (χ0v) is 20.9. The Balaban J connectivity index is 1.48. The van der Waals surface area contributed by atoms with Gasteiger partial charge >= 0.3 is 6.03 Å². The van der Waals surface area contributed by atoms with Crippen molar-refractivity contribution in [1.29, 1.82) is 0 Å². The highest BCUT2D eigenvalue weighted by atomic mass is 16.5. The number of nitrogens with one attached hydrogen (secondary N) is 2. The van der Waals surface area contributed by atoms with E-state index in [2.05, 4.69) is 47.2 Å². The number of aromatic hydroxyl groups is 1. The van der Waals surface area contributed by atoms with E-state index in [9.17, 15) is 9.90 Å². The first-order valence-electron chi connectivity index (χ1n) is 12.1. The van der Waals surface area contributed by atoms with Gasteiger partial charge < -0.3 is 15.2 Å². The fourth-order valence-corrected chi connectivity index (χ4v) is 3.62. The molecule has 0 heterocycles. The molecule has 0 radical (unpaired) electrons. The van der Waals surface area contributed by atoms with Crippen LogP contribution in [0.2, 0.25) is 0 Å². The number of phenolic OH excluding ortho intramolecular Hbond substituents is 1. The number of rotatable bonds is 12. The Kier molecular flexibility index (Phi) is 10.1. The monoisotopic (exact) mass is 486 g/mol. The maximum absolute atomic E-state index is 12.1. The lowest BCUT2D eigenvalue weighted by atomic mass is 10.1. The molecule has 0 unspecified atom stereocenters. The zero-order valence-electron chi connectivity index (χ0n) is 20.9. The molecule has 0 saturated heterocycles. The predicted molar refractivity (Wildman–Crippen MR) is 146 cm³/mol. The van der Waals surface area contributed by atoms with E-state index >= 15 is 0 Å². The summed E-state index contributed by atoms with van der Waals surface area (Å²) in [5.41, 5.74) is 6.93. The third kappa shape index (κ3) is 8.29. The van der Waals surface area contributed by atoms with Gasteiger partial charge in [-0.25, -0.2) is 10.2 Å².